The van der Waals surface area contributed by atoms with Gasteiger partial charge in [0, 0.05) is 16.9 Å². The van der Waals surface area contributed by atoms with Crippen LogP contribution in [0.2, 0.25) is 0 Å². The van der Waals surface area contributed by atoms with Crippen molar-refractivity contribution in [3.8, 4) is 0 Å². The molecule has 0 radical (unpaired) electrons. The number of allylic oxidation sites excluding steroid dienone is 1. The summed E-state index contributed by atoms with van der Waals surface area (Å²) in [6.45, 7) is 9.09. The van der Waals surface area contributed by atoms with Crippen molar-refractivity contribution in [1.29, 1.82) is 0 Å². The third kappa shape index (κ3) is 4.89. The molecular weight excluding hydrogens is 280 g/mol. The lowest BCUT2D eigenvalue weighted by Crippen LogP contribution is -2.41. The van der Waals surface area contributed by atoms with E-state index in [0.717, 1.165) is 18.2 Å². The topological polar surface area (TPSA) is 35.1 Å². The Morgan fingerprint density at radius 3 is 2.60 bits per heavy atom. The van der Waals surface area contributed by atoms with Crippen molar-refractivity contribution >= 4 is 11.4 Å². The molecule has 0 amide bonds. The third-order valence-electron chi connectivity index (χ3n) is 2.80. The number of rotatable bonds is 6. The first kappa shape index (κ1) is 17.1. The molecule has 2 atom stereocenters. The van der Waals surface area contributed by atoms with Crippen molar-refractivity contribution in [1.82, 2.24) is 4.72 Å². The van der Waals surface area contributed by atoms with E-state index in [9.17, 15) is 13.3 Å². The molecule has 5 heteroatoms. The number of nitrogens with one attached hydrogen (secondary N) is 1. The summed E-state index contributed by atoms with van der Waals surface area (Å²) in [7, 11) is 0. The van der Waals surface area contributed by atoms with Gasteiger partial charge in [0.25, 0.3) is 0 Å². The van der Waals surface area contributed by atoms with Crippen LogP contribution in [0.3, 0.4) is 0 Å². The van der Waals surface area contributed by atoms with E-state index in [0.29, 0.717) is 12.8 Å². The summed E-state index contributed by atoms with van der Waals surface area (Å²) >= 11 is -1.36. The van der Waals surface area contributed by atoms with Crippen molar-refractivity contribution in [2.24, 2.45) is 0 Å². The van der Waals surface area contributed by atoms with E-state index >= 15 is 0 Å². The van der Waals surface area contributed by atoms with Gasteiger partial charge >= 0.3 is 0 Å². The first-order valence-electron chi connectivity index (χ1n) is 6.49. The molecule has 0 aliphatic carbocycles. The van der Waals surface area contributed by atoms with Crippen LogP contribution in [0.4, 0.5) is 8.78 Å². The maximum atomic E-state index is 13.9. The second-order valence-corrected chi connectivity index (χ2v) is 7.58. The van der Waals surface area contributed by atoms with E-state index in [2.05, 4.69) is 11.3 Å². The van der Waals surface area contributed by atoms with E-state index in [1.807, 2.05) is 20.8 Å². The predicted molar refractivity (Wildman–Crippen MR) is 79.6 cm³/mol. The molecule has 0 fully saturated rings. The van der Waals surface area contributed by atoms with Gasteiger partial charge in [-0.3, -0.25) is 0 Å². The van der Waals surface area contributed by atoms with Crippen LogP contribution in [-0.4, -0.2) is 9.30 Å². The molecule has 1 aromatic carbocycles. The highest BCUT2D eigenvalue weighted by atomic mass is 32.2. The third-order valence-corrected chi connectivity index (χ3v) is 4.41. The monoisotopic (exact) mass is 301 g/mol. The standard InChI is InChI=1S/C15H21F2NOS/c1-5-6-7-14(18-20(19)15(2,3)4)12-10-11(16)8-9-13(12)17/h5,8-10,14,18H,1,6-7H2,2-4H3/t14-,20?/m0/s1. The summed E-state index contributed by atoms with van der Waals surface area (Å²) in [5, 5.41) is 0. The molecular formula is C15H21F2NOS. The van der Waals surface area contributed by atoms with Gasteiger partial charge in [-0.05, 0) is 51.8 Å². The highest BCUT2D eigenvalue weighted by Gasteiger charge is 2.30. The van der Waals surface area contributed by atoms with Crippen molar-refractivity contribution < 1.29 is 13.3 Å². The molecule has 2 nitrogen and oxygen atoms in total. The Bertz CT molecular complexity index is 460. The Kier molecular flexibility index (Phi) is 6.17. The lowest BCUT2D eigenvalue weighted by molar-refractivity contribution is 0.494. The van der Waals surface area contributed by atoms with Gasteiger partial charge in [0.05, 0.1) is 6.04 Å². The summed E-state index contributed by atoms with van der Waals surface area (Å²) in [6, 6.07) is 2.80. The summed E-state index contributed by atoms with van der Waals surface area (Å²) in [5.41, 5.74) is 0.199. The fourth-order valence-corrected chi connectivity index (χ4v) is 2.51. The number of hydrogen-bond acceptors (Lipinski definition) is 2. The Hall–Kier alpha value is -0.910. The van der Waals surface area contributed by atoms with Crippen LogP contribution in [0.5, 0.6) is 0 Å². The van der Waals surface area contributed by atoms with Crippen molar-refractivity contribution in [2.75, 3.05) is 0 Å². The van der Waals surface area contributed by atoms with Gasteiger partial charge in [0.2, 0.25) is 0 Å². The first-order valence-corrected chi connectivity index (χ1v) is 7.64. The average molecular weight is 301 g/mol. The van der Waals surface area contributed by atoms with Crippen molar-refractivity contribution in [3.63, 3.8) is 0 Å². The summed E-state index contributed by atoms with van der Waals surface area (Å²) in [4.78, 5) is 0. The minimum Gasteiger partial charge on any atom is -0.598 e. The highest BCUT2D eigenvalue weighted by molar-refractivity contribution is 7.90. The number of benzene rings is 1. The van der Waals surface area contributed by atoms with Crippen LogP contribution in [0, 0.1) is 11.6 Å². The zero-order chi connectivity index (χ0) is 15.3. The van der Waals surface area contributed by atoms with E-state index in [1.54, 1.807) is 6.08 Å². The summed E-state index contributed by atoms with van der Waals surface area (Å²) in [6.07, 6.45) is 2.83. The lowest BCUT2D eigenvalue weighted by Gasteiger charge is -2.28. The minimum absolute atomic E-state index is 0.199. The molecule has 112 valence electrons. The normalized spacial score (nSPS) is 14.9. The quantitative estimate of drug-likeness (QED) is 0.636. The van der Waals surface area contributed by atoms with E-state index in [4.69, 9.17) is 0 Å². The number of halogens is 2. The molecule has 1 rings (SSSR count). The van der Waals surface area contributed by atoms with E-state index < -0.39 is 33.8 Å². The van der Waals surface area contributed by atoms with E-state index in [-0.39, 0.29) is 5.56 Å². The van der Waals surface area contributed by atoms with Gasteiger partial charge in [-0.1, -0.05) is 6.08 Å². The fraction of sp³-hybridized carbons (Fsp3) is 0.467. The SMILES string of the molecule is C=CCC[C@H](N[S+]([O-])C(C)(C)C)c1cc(F)ccc1F. The molecule has 20 heavy (non-hydrogen) atoms. The van der Waals surface area contributed by atoms with Gasteiger partial charge in [-0.15, -0.1) is 11.3 Å². The Morgan fingerprint density at radius 1 is 1.40 bits per heavy atom. The highest BCUT2D eigenvalue weighted by Crippen LogP contribution is 2.26. The molecule has 1 unspecified atom stereocenters. The van der Waals surface area contributed by atoms with Crippen molar-refractivity contribution in [2.45, 2.75) is 44.4 Å². The van der Waals surface area contributed by atoms with Crippen LogP contribution in [0.15, 0.2) is 30.9 Å². The maximum Gasteiger partial charge on any atom is 0.136 e. The molecule has 0 saturated heterocycles. The summed E-state index contributed by atoms with van der Waals surface area (Å²) < 4.78 is 41.8. The Balaban J connectivity index is 2.99. The molecule has 1 N–H and O–H groups in total. The van der Waals surface area contributed by atoms with Gasteiger partial charge < -0.3 is 4.55 Å². The second-order valence-electron chi connectivity index (χ2n) is 5.58. The van der Waals surface area contributed by atoms with Gasteiger partial charge in [-0.2, -0.15) is 0 Å². The molecule has 1 aromatic rings. The predicted octanol–water partition coefficient (Wildman–Crippen LogP) is 4.02. The minimum atomic E-state index is -1.36. The van der Waals surface area contributed by atoms with Crippen LogP contribution in [-0.2, 0) is 11.4 Å². The summed E-state index contributed by atoms with van der Waals surface area (Å²) in [5.74, 6) is -1.01. The molecule has 0 aliphatic heterocycles. The Labute approximate surface area is 122 Å². The van der Waals surface area contributed by atoms with Crippen LogP contribution < -0.4 is 4.72 Å². The number of hydrogen-bond donors (Lipinski definition) is 1. The largest absolute Gasteiger partial charge is 0.598 e. The van der Waals surface area contributed by atoms with E-state index in [1.165, 1.54) is 0 Å². The van der Waals surface area contributed by atoms with Crippen LogP contribution in [0.1, 0.15) is 45.2 Å². The van der Waals surface area contributed by atoms with Crippen LogP contribution >= 0.6 is 0 Å². The molecule has 0 aliphatic rings. The molecule has 0 bridgehead atoms. The van der Waals surface area contributed by atoms with Gasteiger partial charge in [0.15, 0.2) is 0 Å². The molecule has 0 spiro atoms. The van der Waals surface area contributed by atoms with Gasteiger partial charge in [-0.25, -0.2) is 8.78 Å². The first-order chi connectivity index (χ1) is 9.25. The fourth-order valence-electron chi connectivity index (χ4n) is 1.65. The lowest BCUT2D eigenvalue weighted by atomic mass is 10.0. The zero-order valence-electron chi connectivity index (χ0n) is 12.1. The van der Waals surface area contributed by atoms with Crippen molar-refractivity contribution in [3.05, 3.63) is 48.1 Å². The molecule has 0 aromatic heterocycles. The molecule has 0 saturated carbocycles. The molecule has 0 heterocycles. The zero-order valence-corrected chi connectivity index (χ0v) is 12.9. The average Bonchev–Trinajstić information content (AvgIpc) is 2.36. The van der Waals surface area contributed by atoms with Gasteiger partial charge in [0.1, 0.15) is 16.4 Å². The van der Waals surface area contributed by atoms with Crippen LogP contribution in [0.25, 0.3) is 0 Å². The Morgan fingerprint density at radius 2 is 2.05 bits per heavy atom. The smallest absolute Gasteiger partial charge is 0.136 e. The maximum absolute atomic E-state index is 13.9. The second kappa shape index (κ2) is 7.20.